The molecule has 4 nitrogen and oxygen atoms in total. The molecule has 5 heteroatoms. The van der Waals surface area contributed by atoms with Crippen LogP contribution in [-0.2, 0) is 5.41 Å². The minimum absolute atomic E-state index is 0.00404. The van der Waals surface area contributed by atoms with Crippen LogP contribution in [0.5, 0.6) is 11.5 Å². The average molecular weight is 344 g/mol. The van der Waals surface area contributed by atoms with Crippen molar-refractivity contribution in [1.29, 1.82) is 0 Å². The molecule has 1 fully saturated rings. The van der Waals surface area contributed by atoms with E-state index in [0.717, 1.165) is 24.3 Å². The van der Waals surface area contributed by atoms with E-state index in [9.17, 15) is 4.79 Å². The van der Waals surface area contributed by atoms with Crippen molar-refractivity contribution in [2.75, 3.05) is 19.8 Å². The number of rotatable bonds is 4. The molecule has 1 saturated carbocycles. The molecular formula is C19H18ClNO3. The van der Waals surface area contributed by atoms with Gasteiger partial charge in [-0.2, -0.15) is 0 Å². The second-order valence-corrected chi connectivity index (χ2v) is 6.77. The second kappa shape index (κ2) is 6.02. The summed E-state index contributed by atoms with van der Waals surface area (Å²) in [4.78, 5) is 12.3. The highest BCUT2D eigenvalue weighted by Gasteiger charge is 2.44. The normalized spacial score (nSPS) is 17.2. The van der Waals surface area contributed by atoms with Gasteiger partial charge in [0.1, 0.15) is 13.2 Å². The fraction of sp³-hybridized carbons (Fsp3) is 0.316. The maximum atomic E-state index is 12.3. The van der Waals surface area contributed by atoms with Crippen molar-refractivity contribution in [3.05, 3.63) is 58.6 Å². The molecule has 0 saturated heterocycles. The number of hydrogen-bond acceptors (Lipinski definition) is 3. The topological polar surface area (TPSA) is 47.6 Å². The van der Waals surface area contributed by atoms with E-state index in [4.69, 9.17) is 21.1 Å². The molecule has 4 rings (SSSR count). The molecule has 1 heterocycles. The lowest BCUT2D eigenvalue weighted by atomic mass is 9.95. The summed E-state index contributed by atoms with van der Waals surface area (Å²) in [7, 11) is 0. The van der Waals surface area contributed by atoms with E-state index in [-0.39, 0.29) is 11.3 Å². The molecule has 1 aliphatic heterocycles. The molecule has 2 aromatic carbocycles. The molecule has 0 bridgehead atoms. The molecule has 2 aliphatic rings. The van der Waals surface area contributed by atoms with E-state index in [1.54, 1.807) is 24.3 Å². The van der Waals surface area contributed by atoms with E-state index in [2.05, 4.69) is 11.4 Å². The molecule has 1 N–H and O–H groups in total. The zero-order chi connectivity index (χ0) is 16.6. The van der Waals surface area contributed by atoms with Crippen molar-refractivity contribution < 1.29 is 14.3 Å². The van der Waals surface area contributed by atoms with Gasteiger partial charge in [-0.3, -0.25) is 4.79 Å². The van der Waals surface area contributed by atoms with Crippen LogP contribution in [0.4, 0.5) is 0 Å². The van der Waals surface area contributed by atoms with E-state index >= 15 is 0 Å². The van der Waals surface area contributed by atoms with Crippen LogP contribution in [0.25, 0.3) is 0 Å². The largest absolute Gasteiger partial charge is 0.486 e. The van der Waals surface area contributed by atoms with E-state index in [0.29, 0.717) is 30.3 Å². The van der Waals surface area contributed by atoms with Crippen molar-refractivity contribution in [1.82, 2.24) is 5.32 Å². The SMILES string of the molecule is O=C(NCC1(c2ccc3c(c2)OCCO3)CC1)c1cccc(Cl)c1. The van der Waals surface area contributed by atoms with Crippen LogP contribution in [0.15, 0.2) is 42.5 Å². The summed E-state index contributed by atoms with van der Waals surface area (Å²) < 4.78 is 11.2. The summed E-state index contributed by atoms with van der Waals surface area (Å²) in [6.45, 7) is 1.78. The molecule has 124 valence electrons. The smallest absolute Gasteiger partial charge is 0.251 e. The van der Waals surface area contributed by atoms with Gasteiger partial charge < -0.3 is 14.8 Å². The molecule has 0 radical (unpaired) electrons. The fourth-order valence-electron chi connectivity index (χ4n) is 3.07. The molecule has 0 spiro atoms. The molecule has 2 aromatic rings. The summed E-state index contributed by atoms with van der Waals surface area (Å²) >= 11 is 5.95. The van der Waals surface area contributed by atoms with Crippen LogP contribution >= 0.6 is 11.6 Å². The summed E-state index contributed by atoms with van der Waals surface area (Å²) in [5.41, 5.74) is 1.78. The standard InChI is InChI=1S/C19H18ClNO3/c20-15-3-1-2-13(10-15)18(22)21-12-19(6-7-19)14-4-5-16-17(11-14)24-9-8-23-16/h1-5,10-11H,6-9,12H2,(H,21,22). The number of fused-ring (bicyclic) bond motifs is 1. The van der Waals surface area contributed by atoms with Crippen LogP contribution in [-0.4, -0.2) is 25.7 Å². The third-order valence-electron chi connectivity index (χ3n) is 4.68. The van der Waals surface area contributed by atoms with Gasteiger partial charge in [-0.1, -0.05) is 23.7 Å². The van der Waals surface area contributed by atoms with E-state index in [1.165, 1.54) is 5.56 Å². The molecule has 1 amide bonds. The lowest BCUT2D eigenvalue weighted by Crippen LogP contribution is -2.32. The van der Waals surface area contributed by atoms with Gasteiger partial charge in [0.05, 0.1) is 0 Å². The summed E-state index contributed by atoms with van der Waals surface area (Å²) in [6.07, 6.45) is 2.12. The Balaban J connectivity index is 1.47. The van der Waals surface area contributed by atoms with Gasteiger partial charge in [0.25, 0.3) is 5.91 Å². The van der Waals surface area contributed by atoms with Gasteiger partial charge in [0.15, 0.2) is 11.5 Å². The monoisotopic (exact) mass is 343 g/mol. The zero-order valence-electron chi connectivity index (χ0n) is 13.2. The van der Waals surface area contributed by atoms with Gasteiger partial charge in [-0.25, -0.2) is 0 Å². The third kappa shape index (κ3) is 2.94. The number of ether oxygens (including phenoxy) is 2. The maximum Gasteiger partial charge on any atom is 0.251 e. The number of hydrogen-bond donors (Lipinski definition) is 1. The lowest BCUT2D eigenvalue weighted by molar-refractivity contribution is 0.0949. The first-order chi connectivity index (χ1) is 11.7. The molecule has 24 heavy (non-hydrogen) atoms. The first-order valence-electron chi connectivity index (χ1n) is 8.10. The number of benzene rings is 2. The summed E-state index contributed by atoms with van der Waals surface area (Å²) in [5.74, 6) is 1.50. The van der Waals surface area contributed by atoms with Crippen molar-refractivity contribution in [2.45, 2.75) is 18.3 Å². The Kier molecular flexibility index (Phi) is 3.85. The highest BCUT2D eigenvalue weighted by atomic mass is 35.5. The first-order valence-corrected chi connectivity index (χ1v) is 8.48. The van der Waals surface area contributed by atoms with E-state index < -0.39 is 0 Å². The van der Waals surface area contributed by atoms with Crippen molar-refractivity contribution in [3.63, 3.8) is 0 Å². The van der Waals surface area contributed by atoms with Crippen molar-refractivity contribution >= 4 is 17.5 Å². The number of carbonyl (C=O) groups excluding carboxylic acids is 1. The van der Waals surface area contributed by atoms with Gasteiger partial charge in [-0.15, -0.1) is 0 Å². The van der Waals surface area contributed by atoms with Gasteiger partial charge in [0, 0.05) is 22.5 Å². The Hall–Kier alpha value is -2.20. The Morgan fingerprint density at radius 1 is 1.08 bits per heavy atom. The molecule has 0 aromatic heterocycles. The van der Waals surface area contributed by atoms with E-state index in [1.807, 2.05) is 12.1 Å². The van der Waals surface area contributed by atoms with Crippen molar-refractivity contribution in [3.8, 4) is 11.5 Å². The highest BCUT2D eigenvalue weighted by Crippen LogP contribution is 2.49. The highest BCUT2D eigenvalue weighted by molar-refractivity contribution is 6.30. The zero-order valence-corrected chi connectivity index (χ0v) is 13.9. The number of halogens is 1. The lowest BCUT2D eigenvalue weighted by Gasteiger charge is -2.22. The summed E-state index contributed by atoms with van der Waals surface area (Å²) in [5, 5.41) is 3.60. The van der Waals surface area contributed by atoms with Crippen LogP contribution in [0.2, 0.25) is 5.02 Å². The summed E-state index contributed by atoms with van der Waals surface area (Å²) in [6, 6.07) is 13.1. The fourth-order valence-corrected chi connectivity index (χ4v) is 3.26. The van der Waals surface area contributed by atoms with Crippen LogP contribution in [0.1, 0.15) is 28.8 Å². The minimum Gasteiger partial charge on any atom is -0.486 e. The quantitative estimate of drug-likeness (QED) is 0.923. The van der Waals surface area contributed by atoms with Crippen LogP contribution < -0.4 is 14.8 Å². The Bertz CT molecular complexity index is 786. The van der Waals surface area contributed by atoms with Gasteiger partial charge in [0.2, 0.25) is 0 Å². The molecular weight excluding hydrogens is 326 g/mol. The maximum absolute atomic E-state index is 12.3. The Morgan fingerprint density at radius 3 is 2.62 bits per heavy atom. The number of nitrogens with one attached hydrogen (secondary N) is 1. The average Bonchev–Trinajstić information content (AvgIpc) is 3.40. The first kappa shape index (κ1) is 15.3. The predicted octanol–water partition coefficient (Wildman–Crippen LogP) is 3.57. The predicted molar refractivity (Wildman–Crippen MR) is 92.1 cm³/mol. The molecule has 1 aliphatic carbocycles. The minimum atomic E-state index is -0.0960. The van der Waals surface area contributed by atoms with Crippen LogP contribution in [0, 0.1) is 0 Å². The van der Waals surface area contributed by atoms with Crippen LogP contribution in [0.3, 0.4) is 0 Å². The Morgan fingerprint density at radius 2 is 1.88 bits per heavy atom. The Labute approximate surface area is 145 Å². The second-order valence-electron chi connectivity index (χ2n) is 6.33. The third-order valence-corrected chi connectivity index (χ3v) is 4.92. The van der Waals surface area contributed by atoms with Crippen molar-refractivity contribution in [2.24, 2.45) is 0 Å². The molecule has 0 atom stereocenters. The van der Waals surface area contributed by atoms with Gasteiger partial charge in [-0.05, 0) is 48.7 Å². The van der Waals surface area contributed by atoms with Gasteiger partial charge >= 0.3 is 0 Å². The number of carbonyl (C=O) groups is 1. The molecule has 0 unspecified atom stereocenters. The number of amides is 1.